The van der Waals surface area contributed by atoms with Crippen molar-refractivity contribution in [1.29, 1.82) is 0 Å². The number of benzene rings is 3. The van der Waals surface area contributed by atoms with Crippen LogP contribution in [-0.2, 0) is 29.0 Å². The molecule has 40 heavy (non-hydrogen) atoms. The van der Waals surface area contributed by atoms with E-state index in [1.165, 1.54) is 38.5 Å². The number of nitrogens with one attached hydrogen (secondary N) is 2. The number of aliphatic hydroxyl groups is 1. The predicted molar refractivity (Wildman–Crippen MR) is 146 cm³/mol. The number of alkyl halides is 3. The molecule has 0 saturated carbocycles. The van der Waals surface area contributed by atoms with Crippen molar-refractivity contribution in [3.8, 4) is 17.2 Å². The third-order valence-corrected chi connectivity index (χ3v) is 6.83. The van der Waals surface area contributed by atoms with Gasteiger partial charge in [-0.1, -0.05) is 24.3 Å². The summed E-state index contributed by atoms with van der Waals surface area (Å²) in [5.41, 5.74) is 1.47. The Morgan fingerprint density at radius 1 is 0.925 bits per heavy atom. The van der Waals surface area contributed by atoms with Gasteiger partial charge in [0.1, 0.15) is 5.75 Å². The molecule has 0 heterocycles. The van der Waals surface area contributed by atoms with E-state index < -0.39 is 27.9 Å². The van der Waals surface area contributed by atoms with Crippen molar-refractivity contribution >= 4 is 15.7 Å². The standard InChI is InChI=1S/C28H33F3N2O6S/c1-38-26-13-8-20(16-27(26)39-2)23(11-6-18-4-9-21(10-5-18)28(29,30)31)32-17-22(34)14-19-7-12-25(35)24(15-19)33-40(3,36)37/h4-5,7-10,12-13,15-16,22-23,32-35H,6,11,14,17H2,1-3H3/t22-,23+/m0/s1. The number of aryl methyl sites for hydroxylation is 1. The SMILES string of the molecule is COc1ccc([C@@H](CCc2ccc(C(F)(F)F)cc2)NC[C@@H](O)Cc2ccc(O)c(NS(C)(=O)=O)c2)cc1OC. The summed E-state index contributed by atoms with van der Waals surface area (Å²) in [5, 5.41) is 24.0. The lowest BCUT2D eigenvalue weighted by atomic mass is 9.97. The average molecular weight is 583 g/mol. The maximum Gasteiger partial charge on any atom is 0.416 e. The maximum absolute atomic E-state index is 12.9. The van der Waals surface area contributed by atoms with Crippen molar-refractivity contribution in [2.75, 3.05) is 31.7 Å². The lowest BCUT2D eigenvalue weighted by Crippen LogP contribution is -2.32. The summed E-state index contributed by atoms with van der Waals surface area (Å²) in [6.45, 7) is 0.155. The van der Waals surface area contributed by atoms with Gasteiger partial charge < -0.3 is 25.0 Å². The van der Waals surface area contributed by atoms with Crippen LogP contribution in [0.2, 0.25) is 0 Å². The largest absolute Gasteiger partial charge is 0.506 e. The van der Waals surface area contributed by atoms with E-state index in [-0.39, 0.29) is 30.4 Å². The number of anilines is 1. The first-order valence-electron chi connectivity index (χ1n) is 12.4. The Labute approximate surface area is 231 Å². The fraction of sp³-hybridized carbons (Fsp3) is 0.357. The number of sulfonamides is 1. The van der Waals surface area contributed by atoms with E-state index in [9.17, 15) is 31.8 Å². The molecule has 0 bridgehead atoms. The van der Waals surface area contributed by atoms with E-state index >= 15 is 0 Å². The summed E-state index contributed by atoms with van der Waals surface area (Å²) in [7, 11) is -0.570. The number of phenols is 1. The van der Waals surface area contributed by atoms with E-state index in [1.54, 1.807) is 18.2 Å². The second-order valence-corrected chi connectivity index (χ2v) is 11.1. The minimum absolute atomic E-state index is 0.0138. The zero-order valence-corrected chi connectivity index (χ0v) is 23.1. The number of phenolic OH excluding ortho intramolecular Hbond substituents is 1. The summed E-state index contributed by atoms with van der Waals surface area (Å²) < 4.78 is 74.9. The minimum atomic E-state index is -4.41. The molecule has 3 aromatic rings. The summed E-state index contributed by atoms with van der Waals surface area (Å²) in [5.74, 6) is 0.814. The highest BCUT2D eigenvalue weighted by atomic mass is 32.2. The van der Waals surface area contributed by atoms with Crippen LogP contribution in [0.4, 0.5) is 18.9 Å². The van der Waals surface area contributed by atoms with Crippen molar-refractivity contribution in [3.05, 3.63) is 82.9 Å². The molecule has 0 aliphatic heterocycles. The summed E-state index contributed by atoms with van der Waals surface area (Å²) in [6.07, 6.45) is -3.16. The Kier molecular flexibility index (Phi) is 10.3. The van der Waals surface area contributed by atoms with Gasteiger partial charge in [0.2, 0.25) is 10.0 Å². The Morgan fingerprint density at radius 2 is 1.57 bits per heavy atom. The molecule has 0 aliphatic carbocycles. The third kappa shape index (κ3) is 9.04. The van der Waals surface area contributed by atoms with Crippen LogP contribution in [0.3, 0.4) is 0 Å². The van der Waals surface area contributed by atoms with Gasteiger partial charge in [-0.05, 0) is 72.4 Å². The number of hydrogen-bond acceptors (Lipinski definition) is 7. The fourth-order valence-corrected chi connectivity index (χ4v) is 4.80. The van der Waals surface area contributed by atoms with Crippen molar-refractivity contribution < 1.29 is 41.3 Å². The number of aromatic hydroxyl groups is 1. The van der Waals surface area contributed by atoms with Crippen LogP contribution in [0.1, 0.15) is 34.7 Å². The normalized spacial score (nSPS) is 13.5. The van der Waals surface area contributed by atoms with Gasteiger partial charge in [0, 0.05) is 12.6 Å². The van der Waals surface area contributed by atoms with E-state index in [2.05, 4.69) is 10.0 Å². The molecule has 0 saturated heterocycles. The molecule has 2 atom stereocenters. The molecule has 0 radical (unpaired) electrons. The molecule has 3 rings (SSSR count). The second kappa shape index (κ2) is 13.2. The third-order valence-electron chi connectivity index (χ3n) is 6.24. The molecule has 8 nitrogen and oxygen atoms in total. The van der Waals surface area contributed by atoms with E-state index in [1.807, 2.05) is 6.07 Å². The van der Waals surface area contributed by atoms with Gasteiger partial charge in [0.25, 0.3) is 0 Å². The molecular weight excluding hydrogens is 549 g/mol. The van der Waals surface area contributed by atoms with Gasteiger partial charge in [-0.25, -0.2) is 8.42 Å². The summed E-state index contributed by atoms with van der Waals surface area (Å²) in [4.78, 5) is 0. The second-order valence-electron chi connectivity index (χ2n) is 9.39. The highest BCUT2D eigenvalue weighted by molar-refractivity contribution is 7.92. The number of aliphatic hydroxyl groups excluding tert-OH is 1. The van der Waals surface area contributed by atoms with E-state index in [0.717, 1.165) is 29.5 Å². The zero-order chi connectivity index (χ0) is 29.5. The lowest BCUT2D eigenvalue weighted by Gasteiger charge is -2.23. The van der Waals surface area contributed by atoms with Gasteiger partial charge in [0.05, 0.1) is 37.8 Å². The Bertz CT molecular complexity index is 1380. The number of rotatable bonds is 13. The smallest absolute Gasteiger partial charge is 0.416 e. The maximum atomic E-state index is 12.9. The molecule has 218 valence electrons. The quantitative estimate of drug-likeness (QED) is 0.217. The van der Waals surface area contributed by atoms with Crippen molar-refractivity contribution in [2.45, 2.75) is 37.6 Å². The topological polar surface area (TPSA) is 117 Å². The first kappa shape index (κ1) is 31.1. The van der Waals surface area contributed by atoms with Crippen molar-refractivity contribution in [1.82, 2.24) is 5.32 Å². The highest BCUT2D eigenvalue weighted by Crippen LogP contribution is 2.33. The molecule has 0 aromatic heterocycles. The van der Waals surface area contributed by atoms with Gasteiger partial charge in [-0.15, -0.1) is 0 Å². The van der Waals surface area contributed by atoms with Crippen LogP contribution in [-0.4, -0.2) is 51.8 Å². The molecule has 12 heteroatoms. The number of ether oxygens (including phenoxy) is 2. The minimum Gasteiger partial charge on any atom is -0.506 e. The molecule has 0 fully saturated rings. The Hall–Kier alpha value is -3.48. The number of methoxy groups -OCH3 is 2. The molecule has 3 aromatic carbocycles. The molecule has 0 amide bonds. The summed E-state index contributed by atoms with van der Waals surface area (Å²) >= 11 is 0. The Balaban J connectivity index is 1.74. The Morgan fingerprint density at radius 3 is 2.17 bits per heavy atom. The van der Waals surface area contributed by atoms with Crippen LogP contribution < -0.4 is 19.5 Å². The molecule has 4 N–H and O–H groups in total. The van der Waals surface area contributed by atoms with Crippen LogP contribution in [0.25, 0.3) is 0 Å². The number of hydrogen-bond donors (Lipinski definition) is 4. The van der Waals surface area contributed by atoms with Crippen LogP contribution in [0.15, 0.2) is 60.7 Å². The molecule has 0 aliphatic rings. The first-order valence-corrected chi connectivity index (χ1v) is 14.3. The monoisotopic (exact) mass is 582 g/mol. The van der Waals surface area contributed by atoms with Crippen LogP contribution in [0, 0.1) is 0 Å². The van der Waals surface area contributed by atoms with Gasteiger partial charge in [0.15, 0.2) is 11.5 Å². The average Bonchev–Trinajstić information content (AvgIpc) is 2.89. The van der Waals surface area contributed by atoms with Gasteiger partial charge in [-0.3, -0.25) is 4.72 Å². The van der Waals surface area contributed by atoms with Gasteiger partial charge >= 0.3 is 6.18 Å². The predicted octanol–water partition coefficient (Wildman–Crippen LogP) is 4.67. The molecule has 0 spiro atoms. The number of halogens is 3. The fourth-order valence-electron chi connectivity index (χ4n) is 4.24. The van der Waals surface area contributed by atoms with E-state index in [4.69, 9.17) is 9.47 Å². The highest BCUT2D eigenvalue weighted by Gasteiger charge is 2.30. The molecule has 0 unspecified atom stereocenters. The first-order chi connectivity index (χ1) is 18.8. The van der Waals surface area contributed by atoms with Crippen molar-refractivity contribution in [2.24, 2.45) is 0 Å². The van der Waals surface area contributed by atoms with Crippen LogP contribution >= 0.6 is 0 Å². The lowest BCUT2D eigenvalue weighted by molar-refractivity contribution is -0.137. The van der Waals surface area contributed by atoms with Crippen molar-refractivity contribution in [3.63, 3.8) is 0 Å². The molecular formula is C28H33F3N2O6S. The zero-order valence-electron chi connectivity index (χ0n) is 22.3. The van der Waals surface area contributed by atoms with Gasteiger partial charge in [-0.2, -0.15) is 13.2 Å². The summed E-state index contributed by atoms with van der Waals surface area (Å²) in [6, 6.07) is 14.5. The van der Waals surface area contributed by atoms with E-state index in [0.29, 0.717) is 29.9 Å². The van der Waals surface area contributed by atoms with Crippen LogP contribution in [0.5, 0.6) is 17.2 Å².